The Morgan fingerprint density at radius 3 is 2.59 bits per heavy atom. The molecule has 1 amide bonds. The third-order valence-corrected chi connectivity index (χ3v) is 6.73. The Morgan fingerprint density at radius 1 is 1.11 bits per heavy atom. The van der Waals surface area contributed by atoms with E-state index in [1.165, 1.54) is 24.6 Å². The molecule has 2 heterocycles. The molecule has 0 saturated heterocycles. The maximum absolute atomic E-state index is 13.0. The number of fused-ring (bicyclic) bond motifs is 1. The fraction of sp³-hybridized carbons (Fsp3) is 0.500. The van der Waals surface area contributed by atoms with Crippen LogP contribution in [0.25, 0.3) is 0 Å². The molecule has 0 radical (unpaired) electrons. The summed E-state index contributed by atoms with van der Waals surface area (Å²) in [6, 6.07) is 7.94. The van der Waals surface area contributed by atoms with Crippen LogP contribution < -0.4 is 15.6 Å². The second-order valence-corrected chi connectivity index (χ2v) is 8.29. The molecule has 27 heavy (non-hydrogen) atoms. The van der Waals surface area contributed by atoms with Crippen molar-refractivity contribution in [1.82, 2.24) is 9.78 Å². The van der Waals surface area contributed by atoms with Crippen LogP contribution in [0.2, 0.25) is 0 Å². The number of hydrogen-bond acceptors (Lipinski definition) is 4. The summed E-state index contributed by atoms with van der Waals surface area (Å²) in [6.07, 6.45) is 6.82. The number of carbonyl (C=O) groups excluding carboxylic acids is 1. The van der Waals surface area contributed by atoms with Gasteiger partial charge in [-0.3, -0.25) is 19.4 Å². The molecule has 4 rings (SSSR count). The van der Waals surface area contributed by atoms with Gasteiger partial charge >= 0.3 is 0 Å². The van der Waals surface area contributed by atoms with Crippen molar-refractivity contribution >= 4 is 23.5 Å². The Balaban J connectivity index is 1.83. The molecular formula is C20H25N3O3S. The lowest BCUT2D eigenvalue weighted by atomic mass is 10.0. The Kier molecular flexibility index (Phi) is 5.29. The van der Waals surface area contributed by atoms with Gasteiger partial charge < -0.3 is 10.1 Å². The predicted octanol–water partition coefficient (Wildman–Crippen LogP) is 3.86. The Hall–Kier alpha value is -2.15. The zero-order valence-corrected chi connectivity index (χ0v) is 16.3. The highest BCUT2D eigenvalue weighted by atomic mass is 32.2. The number of amides is 1. The second kappa shape index (κ2) is 7.84. The van der Waals surface area contributed by atoms with Gasteiger partial charge in [-0.15, -0.1) is 11.8 Å². The molecule has 2 aliphatic rings. The summed E-state index contributed by atoms with van der Waals surface area (Å²) < 4.78 is 7.45. The Bertz CT molecular complexity index is 881. The molecule has 7 heteroatoms. The number of aromatic nitrogens is 2. The van der Waals surface area contributed by atoms with Crippen LogP contribution >= 0.6 is 11.8 Å². The van der Waals surface area contributed by atoms with Gasteiger partial charge in [0, 0.05) is 5.56 Å². The van der Waals surface area contributed by atoms with Crippen molar-refractivity contribution in [2.45, 2.75) is 49.8 Å². The smallest absolute Gasteiger partial charge is 0.270 e. The number of ether oxygens (including phenoxy) is 1. The molecule has 1 aromatic carbocycles. The lowest BCUT2D eigenvalue weighted by molar-refractivity contribution is -0.113. The average Bonchev–Trinajstić information content (AvgIpc) is 2.89. The van der Waals surface area contributed by atoms with Gasteiger partial charge in [0.1, 0.15) is 11.6 Å². The molecule has 1 saturated carbocycles. The van der Waals surface area contributed by atoms with Gasteiger partial charge in [-0.2, -0.15) is 0 Å². The maximum Gasteiger partial charge on any atom is 0.270 e. The van der Waals surface area contributed by atoms with Gasteiger partial charge in [-0.05, 0) is 18.9 Å². The summed E-state index contributed by atoms with van der Waals surface area (Å²) in [5.74, 6) is 1.61. The molecule has 144 valence electrons. The van der Waals surface area contributed by atoms with Crippen LogP contribution in [0.3, 0.4) is 0 Å². The summed E-state index contributed by atoms with van der Waals surface area (Å²) in [4.78, 5) is 25.4. The van der Waals surface area contributed by atoms with Crippen molar-refractivity contribution in [3.63, 3.8) is 0 Å². The molecule has 0 bridgehead atoms. The normalized spacial score (nSPS) is 21.1. The van der Waals surface area contributed by atoms with Gasteiger partial charge in [0.25, 0.3) is 5.56 Å². The lowest BCUT2D eigenvalue weighted by Crippen LogP contribution is -2.19. The van der Waals surface area contributed by atoms with Crippen molar-refractivity contribution in [3.05, 3.63) is 45.7 Å². The van der Waals surface area contributed by atoms with Crippen molar-refractivity contribution in [2.24, 2.45) is 0 Å². The number of H-pyrrole nitrogens is 1. The van der Waals surface area contributed by atoms with E-state index in [1.807, 2.05) is 28.9 Å². The minimum atomic E-state index is -0.245. The maximum atomic E-state index is 13.0. The van der Waals surface area contributed by atoms with Gasteiger partial charge in [0.05, 0.1) is 29.7 Å². The van der Waals surface area contributed by atoms with Crippen LogP contribution in [-0.2, 0) is 4.79 Å². The highest BCUT2D eigenvalue weighted by Crippen LogP contribution is 2.44. The predicted molar refractivity (Wildman–Crippen MR) is 108 cm³/mol. The van der Waals surface area contributed by atoms with E-state index in [4.69, 9.17) is 4.74 Å². The molecule has 2 N–H and O–H groups in total. The minimum absolute atomic E-state index is 0.0694. The first kappa shape index (κ1) is 18.2. The fourth-order valence-corrected chi connectivity index (χ4v) is 5.31. The summed E-state index contributed by atoms with van der Waals surface area (Å²) in [5.41, 5.74) is 1.42. The van der Waals surface area contributed by atoms with Crippen molar-refractivity contribution in [1.29, 1.82) is 0 Å². The lowest BCUT2D eigenvalue weighted by Gasteiger charge is -2.20. The van der Waals surface area contributed by atoms with Gasteiger partial charge in [0.2, 0.25) is 5.91 Å². The number of carbonyl (C=O) groups is 1. The van der Waals surface area contributed by atoms with E-state index in [1.54, 1.807) is 7.11 Å². The van der Waals surface area contributed by atoms with Crippen molar-refractivity contribution in [3.8, 4) is 5.75 Å². The third-order valence-electron chi connectivity index (χ3n) is 5.47. The number of benzene rings is 1. The summed E-state index contributed by atoms with van der Waals surface area (Å²) in [7, 11) is 1.63. The summed E-state index contributed by atoms with van der Waals surface area (Å²) in [5, 5.41) is 5.78. The molecule has 1 atom stereocenters. The zero-order chi connectivity index (χ0) is 18.8. The molecule has 0 spiro atoms. The number of nitrogens with one attached hydrogen (secondary N) is 2. The number of thioether (sulfide) groups is 1. The SMILES string of the molecule is COc1ccccc1[C@@H]1SCC(=O)Nc2c1c(=O)[nH]n2C1CCCCCC1. The molecular weight excluding hydrogens is 362 g/mol. The molecule has 1 fully saturated rings. The van der Waals surface area contributed by atoms with E-state index in [0.717, 1.165) is 37.0 Å². The van der Waals surface area contributed by atoms with Crippen LogP contribution in [0.4, 0.5) is 5.82 Å². The number of hydrogen-bond donors (Lipinski definition) is 2. The fourth-order valence-electron chi connectivity index (χ4n) is 4.16. The van der Waals surface area contributed by atoms with E-state index in [9.17, 15) is 9.59 Å². The van der Waals surface area contributed by atoms with Gasteiger partial charge in [-0.25, -0.2) is 0 Å². The van der Waals surface area contributed by atoms with Crippen LogP contribution in [-0.4, -0.2) is 28.6 Å². The first-order valence-corrected chi connectivity index (χ1v) is 10.6. The number of rotatable bonds is 3. The molecule has 1 aliphatic carbocycles. The topological polar surface area (TPSA) is 76.1 Å². The number of aromatic amines is 1. The quantitative estimate of drug-likeness (QED) is 0.784. The highest BCUT2D eigenvalue weighted by molar-refractivity contribution is 8.00. The van der Waals surface area contributed by atoms with Crippen LogP contribution in [0, 0.1) is 0 Å². The monoisotopic (exact) mass is 387 g/mol. The third kappa shape index (κ3) is 3.52. The van der Waals surface area contributed by atoms with Crippen molar-refractivity contribution in [2.75, 3.05) is 18.2 Å². The largest absolute Gasteiger partial charge is 0.496 e. The first-order chi connectivity index (χ1) is 13.2. The first-order valence-electron chi connectivity index (χ1n) is 9.58. The second-order valence-electron chi connectivity index (χ2n) is 7.20. The number of nitrogens with zero attached hydrogens (tertiary/aromatic N) is 1. The van der Waals surface area contributed by atoms with E-state index in [2.05, 4.69) is 10.4 Å². The molecule has 1 aromatic heterocycles. The molecule has 1 aliphatic heterocycles. The average molecular weight is 388 g/mol. The molecule has 2 aromatic rings. The van der Waals surface area contributed by atoms with Gasteiger partial charge in [0.15, 0.2) is 0 Å². The number of methoxy groups -OCH3 is 1. The van der Waals surface area contributed by atoms with Crippen LogP contribution in [0.5, 0.6) is 5.75 Å². The summed E-state index contributed by atoms with van der Waals surface area (Å²) >= 11 is 1.47. The van der Waals surface area contributed by atoms with E-state index in [0.29, 0.717) is 17.1 Å². The summed E-state index contributed by atoms with van der Waals surface area (Å²) in [6.45, 7) is 0. The van der Waals surface area contributed by atoms with Crippen LogP contribution in [0.1, 0.15) is 60.9 Å². The highest BCUT2D eigenvalue weighted by Gasteiger charge is 2.33. The number of para-hydroxylation sites is 1. The standard InChI is InChI=1S/C20H25N3O3S/c1-26-15-11-7-6-10-14(15)18-17-19(21-16(24)12-27-18)23(22-20(17)25)13-8-4-2-3-5-9-13/h6-7,10-11,13,18H,2-5,8-9,12H2,1H3,(H,21,24)(H,22,25)/t18-/m0/s1. The Morgan fingerprint density at radius 2 is 1.85 bits per heavy atom. The zero-order valence-electron chi connectivity index (χ0n) is 15.5. The minimum Gasteiger partial charge on any atom is -0.496 e. The molecule has 0 unspecified atom stereocenters. The van der Waals surface area contributed by atoms with Crippen molar-refractivity contribution < 1.29 is 9.53 Å². The van der Waals surface area contributed by atoms with E-state index < -0.39 is 0 Å². The van der Waals surface area contributed by atoms with E-state index >= 15 is 0 Å². The van der Waals surface area contributed by atoms with Crippen LogP contribution in [0.15, 0.2) is 29.1 Å². The van der Waals surface area contributed by atoms with Gasteiger partial charge in [-0.1, -0.05) is 43.9 Å². The number of anilines is 1. The molecule has 6 nitrogen and oxygen atoms in total. The van der Waals surface area contributed by atoms with E-state index in [-0.39, 0.29) is 22.8 Å². The Labute approximate surface area is 162 Å².